The highest BCUT2D eigenvalue weighted by Gasteiger charge is 2.35. The molecule has 1 aromatic carbocycles. The second-order valence-electron chi connectivity index (χ2n) is 5.71. The number of hydrogen-bond donors (Lipinski definition) is 1. The van der Waals surface area contributed by atoms with Crippen LogP contribution in [0.15, 0.2) is 57.6 Å². The van der Waals surface area contributed by atoms with Gasteiger partial charge in [-0.3, -0.25) is 4.57 Å². The average Bonchev–Trinajstić information content (AvgIpc) is 3.36. The van der Waals surface area contributed by atoms with Crippen molar-refractivity contribution in [2.75, 3.05) is 18.5 Å². The van der Waals surface area contributed by atoms with E-state index >= 15 is 0 Å². The molecule has 148 valence electrons. The maximum absolute atomic E-state index is 13.2. The quantitative estimate of drug-likeness (QED) is 0.481. The van der Waals surface area contributed by atoms with Crippen LogP contribution in [0.25, 0.3) is 12.2 Å². The number of benzene rings is 1. The van der Waals surface area contributed by atoms with Crippen LogP contribution >= 0.6 is 7.60 Å². The second kappa shape index (κ2) is 9.55. The molecule has 28 heavy (non-hydrogen) atoms. The van der Waals surface area contributed by atoms with Gasteiger partial charge in [-0.2, -0.15) is 4.98 Å². The third-order valence-corrected chi connectivity index (χ3v) is 5.72. The van der Waals surface area contributed by atoms with E-state index in [0.29, 0.717) is 18.2 Å². The standard InChI is InChI=1S/C20H23N2O5P/c1-3-25-28(23,26-4-2)20-19(21-15-17-11-8-14-24-17)27-18(22-20)13-12-16-9-6-5-7-10-16/h5-14,21H,3-4,15H2,1-2H3. The van der Waals surface area contributed by atoms with Gasteiger partial charge in [0, 0.05) is 6.08 Å². The molecule has 2 heterocycles. The van der Waals surface area contributed by atoms with Crippen molar-refractivity contribution in [3.05, 3.63) is 65.9 Å². The molecule has 0 spiro atoms. The summed E-state index contributed by atoms with van der Waals surface area (Å²) in [6.45, 7) is 4.28. The van der Waals surface area contributed by atoms with Crippen molar-refractivity contribution in [2.45, 2.75) is 20.4 Å². The average molecular weight is 402 g/mol. The summed E-state index contributed by atoms with van der Waals surface area (Å²) in [7, 11) is -3.62. The van der Waals surface area contributed by atoms with Gasteiger partial charge in [0.15, 0.2) is 0 Å². The number of furan rings is 1. The van der Waals surface area contributed by atoms with Crippen LogP contribution in [0.4, 0.5) is 5.88 Å². The Morgan fingerprint density at radius 2 is 1.82 bits per heavy atom. The predicted octanol–water partition coefficient (Wildman–Crippen LogP) is 4.94. The Morgan fingerprint density at radius 3 is 2.46 bits per heavy atom. The van der Waals surface area contributed by atoms with E-state index in [4.69, 9.17) is 17.9 Å². The lowest BCUT2D eigenvalue weighted by Crippen LogP contribution is -2.16. The van der Waals surface area contributed by atoms with Gasteiger partial charge < -0.3 is 23.2 Å². The summed E-state index contributed by atoms with van der Waals surface area (Å²) in [4.78, 5) is 4.37. The normalized spacial score (nSPS) is 11.9. The number of oxazole rings is 1. The topological polar surface area (TPSA) is 86.7 Å². The molecule has 0 atom stereocenters. The highest BCUT2D eigenvalue weighted by molar-refractivity contribution is 7.62. The molecule has 0 radical (unpaired) electrons. The minimum Gasteiger partial charge on any atom is -0.467 e. The highest BCUT2D eigenvalue weighted by Crippen LogP contribution is 2.48. The van der Waals surface area contributed by atoms with Crippen LogP contribution in [0.5, 0.6) is 0 Å². The van der Waals surface area contributed by atoms with Crippen molar-refractivity contribution < 1.29 is 22.4 Å². The smallest absolute Gasteiger partial charge is 0.385 e. The molecule has 0 unspecified atom stereocenters. The molecule has 3 rings (SSSR count). The van der Waals surface area contributed by atoms with Gasteiger partial charge in [-0.25, -0.2) is 0 Å². The Morgan fingerprint density at radius 1 is 1.07 bits per heavy atom. The van der Waals surface area contributed by atoms with Crippen LogP contribution in [-0.4, -0.2) is 18.2 Å². The van der Waals surface area contributed by atoms with Crippen molar-refractivity contribution in [1.82, 2.24) is 4.98 Å². The Labute approximate surface area is 163 Å². The zero-order chi connectivity index (χ0) is 19.8. The summed E-state index contributed by atoms with van der Waals surface area (Å²) in [5.74, 6) is 1.22. The molecule has 0 fully saturated rings. The monoisotopic (exact) mass is 402 g/mol. The van der Waals surface area contributed by atoms with E-state index in [2.05, 4.69) is 10.3 Å². The first-order chi connectivity index (χ1) is 13.6. The third-order valence-electron chi connectivity index (χ3n) is 3.70. The van der Waals surface area contributed by atoms with Crippen LogP contribution in [0, 0.1) is 0 Å². The first kappa shape index (κ1) is 20.1. The Hall–Kier alpha value is -2.60. The Kier molecular flexibility index (Phi) is 6.87. The summed E-state index contributed by atoms with van der Waals surface area (Å²) in [6, 6.07) is 13.4. The minimum absolute atomic E-state index is 0.121. The van der Waals surface area contributed by atoms with Crippen molar-refractivity contribution in [3.8, 4) is 0 Å². The number of anilines is 1. The first-order valence-corrected chi connectivity index (χ1v) is 10.6. The second-order valence-corrected chi connectivity index (χ2v) is 7.65. The van der Waals surface area contributed by atoms with Gasteiger partial charge in [0.05, 0.1) is 26.0 Å². The van der Waals surface area contributed by atoms with Crippen molar-refractivity contribution in [2.24, 2.45) is 0 Å². The number of hydrogen-bond acceptors (Lipinski definition) is 7. The van der Waals surface area contributed by atoms with Gasteiger partial charge in [-0.1, -0.05) is 30.3 Å². The van der Waals surface area contributed by atoms with E-state index in [1.165, 1.54) is 0 Å². The van der Waals surface area contributed by atoms with Gasteiger partial charge in [-0.05, 0) is 37.6 Å². The molecule has 0 aliphatic heterocycles. The van der Waals surface area contributed by atoms with Crippen molar-refractivity contribution >= 4 is 31.1 Å². The molecule has 0 bridgehead atoms. The summed E-state index contributed by atoms with van der Waals surface area (Å²) < 4.78 is 35.2. The number of rotatable bonds is 10. The molecule has 0 saturated carbocycles. The summed E-state index contributed by atoms with van der Waals surface area (Å²) >= 11 is 0. The SMILES string of the molecule is CCOP(=O)(OCC)c1nc(C=Cc2ccccc2)oc1NCc1ccco1. The molecule has 0 aliphatic carbocycles. The van der Waals surface area contributed by atoms with Crippen LogP contribution in [0.1, 0.15) is 31.1 Å². The van der Waals surface area contributed by atoms with Crippen LogP contribution in [0.2, 0.25) is 0 Å². The van der Waals surface area contributed by atoms with Gasteiger partial charge in [-0.15, -0.1) is 0 Å². The minimum atomic E-state index is -3.62. The molecule has 0 aliphatic rings. The number of aromatic nitrogens is 1. The lowest BCUT2D eigenvalue weighted by molar-refractivity contribution is 0.229. The fraction of sp³-hybridized carbons (Fsp3) is 0.250. The predicted molar refractivity (Wildman–Crippen MR) is 108 cm³/mol. The molecular formula is C20H23N2O5P. The Balaban J connectivity index is 1.91. The molecule has 3 aromatic rings. The van der Waals surface area contributed by atoms with E-state index in [9.17, 15) is 4.57 Å². The van der Waals surface area contributed by atoms with Gasteiger partial charge in [0.2, 0.25) is 17.2 Å². The van der Waals surface area contributed by atoms with Crippen LogP contribution < -0.4 is 10.8 Å². The largest absolute Gasteiger partial charge is 0.467 e. The maximum Gasteiger partial charge on any atom is 0.385 e. The fourth-order valence-electron chi connectivity index (χ4n) is 2.51. The third kappa shape index (κ3) is 5.01. The van der Waals surface area contributed by atoms with Gasteiger partial charge >= 0.3 is 7.60 Å². The molecule has 0 amide bonds. The summed E-state index contributed by atoms with van der Waals surface area (Å²) in [5, 5.41) is 3.07. The number of nitrogens with zero attached hydrogens (tertiary/aromatic N) is 1. The van der Waals surface area contributed by atoms with Gasteiger partial charge in [0.1, 0.15) is 5.76 Å². The van der Waals surface area contributed by atoms with E-state index in [-0.39, 0.29) is 24.5 Å². The van der Waals surface area contributed by atoms with Crippen molar-refractivity contribution in [1.29, 1.82) is 0 Å². The summed E-state index contributed by atoms with van der Waals surface area (Å²) in [6.07, 6.45) is 5.15. The van der Waals surface area contributed by atoms with E-state index < -0.39 is 7.60 Å². The lowest BCUT2D eigenvalue weighted by atomic mass is 10.2. The van der Waals surface area contributed by atoms with Crippen molar-refractivity contribution in [3.63, 3.8) is 0 Å². The highest BCUT2D eigenvalue weighted by atomic mass is 31.2. The zero-order valence-corrected chi connectivity index (χ0v) is 16.7. The molecule has 7 nitrogen and oxygen atoms in total. The maximum atomic E-state index is 13.2. The zero-order valence-electron chi connectivity index (χ0n) is 15.8. The van der Waals surface area contributed by atoms with E-state index in [1.54, 1.807) is 32.3 Å². The number of nitrogens with one attached hydrogen (secondary N) is 1. The lowest BCUT2D eigenvalue weighted by Gasteiger charge is -2.15. The molecule has 8 heteroatoms. The first-order valence-electron chi connectivity index (χ1n) is 9.04. The summed E-state index contributed by atoms with van der Waals surface area (Å²) in [5.41, 5.74) is 1.11. The Bertz CT molecular complexity index is 925. The molecular weight excluding hydrogens is 379 g/mol. The van der Waals surface area contributed by atoms with Gasteiger partial charge in [0.25, 0.3) is 0 Å². The molecule has 0 saturated heterocycles. The van der Waals surface area contributed by atoms with Crippen LogP contribution in [-0.2, 0) is 20.2 Å². The van der Waals surface area contributed by atoms with E-state index in [1.807, 2.05) is 42.5 Å². The molecule has 1 N–H and O–H groups in total. The van der Waals surface area contributed by atoms with E-state index in [0.717, 1.165) is 5.56 Å². The molecule has 2 aromatic heterocycles. The van der Waals surface area contributed by atoms with Crippen LogP contribution in [0.3, 0.4) is 0 Å². The fourth-order valence-corrected chi connectivity index (χ4v) is 4.11.